The van der Waals surface area contributed by atoms with E-state index in [4.69, 9.17) is 9.47 Å². The van der Waals surface area contributed by atoms with Crippen molar-refractivity contribution in [2.45, 2.75) is 25.4 Å². The van der Waals surface area contributed by atoms with Crippen LogP contribution in [0.3, 0.4) is 0 Å². The molecule has 1 saturated heterocycles. The van der Waals surface area contributed by atoms with Crippen LogP contribution in [0.2, 0.25) is 0 Å². The monoisotopic (exact) mass is 446 g/mol. The van der Waals surface area contributed by atoms with Crippen molar-refractivity contribution < 1.29 is 22.6 Å². The van der Waals surface area contributed by atoms with Crippen molar-refractivity contribution in [1.29, 1.82) is 0 Å². The van der Waals surface area contributed by atoms with Gasteiger partial charge in [-0.3, -0.25) is 4.90 Å². The topological polar surface area (TPSA) is 24.9 Å². The van der Waals surface area contributed by atoms with Crippen LogP contribution in [0.25, 0.3) is 6.08 Å². The van der Waals surface area contributed by atoms with E-state index in [9.17, 15) is 13.2 Å². The number of benzene rings is 2. The molecule has 2 aromatic carbocycles. The third-order valence-electron chi connectivity index (χ3n) is 6.12. The van der Waals surface area contributed by atoms with Crippen LogP contribution in [0.4, 0.5) is 18.9 Å². The molecular formula is C25H29F3N2O2. The average molecular weight is 447 g/mol. The number of methoxy groups -OCH3 is 1. The molecule has 2 aliphatic rings. The van der Waals surface area contributed by atoms with E-state index >= 15 is 0 Å². The zero-order chi connectivity index (χ0) is 22.6. The van der Waals surface area contributed by atoms with Gasteiger partial charge in [-0.2, -0.15) is 13.2 Å². The Morgan fingerprint density at radius 1 is 1.00 bits per heavy atom. The van der Waals surface area contributed by atoms with Crippen LogP contribution in [0, 0.1) is 0 Å². The lowest BCUT2D eigenvalue weighted by Gasteiger charge is -2.36. The standard InChI is InChI=1S/C25H29F3N2O2/c1-31-23-8-9-24-20(16-23)15-19(18-32-24)5-2-3-10-29-11-13-30(14-12-29)22-7-4-6-21(17-22)25(26,27)28/h4,6-9,15-17H,2-3,5,10-14,18H2,1H3. The Hall–Kier alpha value is -2.67. The summed E-state index contributed by atoms with van der Waals surface area (Å²) in [7, 11) is 1.66. The van der Waals surface area contributed by atoms with Crippen LogP contribution in [0.1, 0.15) is 30.4 Å². The first kappa shape index (κ1) is 22.5. The zero-order valence-electron chi connectivity index (χ0n) is 18.3. The van der Waals surface area contributed by atoms with Crippen molar-refractivity contribution in [3.05, 3.63) is 59.2 Å². The van der Waals surface area contributed by atoms with Crippen molar-refractivity contribution in [2.24, 2.45) is 0 Å². The molecule has 1 fully saturated rings. The Kier molecular flexibility index (Phi) is 6.94. The summed E-state index contributed by atoms with van der Waals surface area (Å²) in [5.74, 6) is 1.72. The second-order valence-electron chi connectivity index (χ2n) is 8.33. The molecule has 172 valence electrons. The molecule has 4 nitrogen and oxygen atoms in total. The third-order valence-corrected chi connectivity index (χ3v) is 6.12. The van der Waals surface area contributed by atoms with Gasteiger partial charge in [0.2, 0.25) is 0 Å². The van der Waals surface area contributed by atoms with Crippen molar-refractivity contribution in [3.8, 4) is 11.5 Å². The van der Waals surface area contributed by atoms with E-state index in [2.05, 4.69) is 11.0 Å². The SMILES string of the molecule is COc1ccc2c(c1)C=C(CCCCN1CCN(c3cccc(C(F)(F)F)c3)CC1)CO2. The van der Waals surface area contributed by atoms with Crippen molar-refractivity contribution in [1.82, 2.24) is 4.90 Å². The molecule has 4 rings (SSSR count). The highest BCUT2D eigenvalue weighted by Gasteiger charge is 2.31. The number of hydrogen-bond acceptors (Lipinski definition) is 4. The third kappa shape index (κ3) is 5.57. The highest BCUT2D eigenvalue weighted by Crippen LogP contribution is 2.32. The molecule has 2 aliphatic heterocycles. The molecule has 0 N–H and O–H groups in total. The highest BCUT2D eigenvalue weighted by atomic mass is 19.4. The summed E-state index contributed by atoms with van der Waals surface area (Å²) in [5, 5.41) is 0. The van der Waals surface area contributed by atoms with Gasteiger partial charge in [-0.05, 0) is 73.9 Å². The second-order valence-corrected chi connectivity index (χ2v) is 8.33. The van der Waals surface area contributed by atoms with Crippen LogP contribution in [0.15, 0.2) is 48.0 Å². The van der Waals surface area contributed by atoms with Crippen molar-refractivity contribution >= 4 is 11.8 Å². The number of alkyl halides is 3. The first-order valence-electron chi connectivity index (χ1n) is 11.1. The normalized spacial score (nSPS) is 16.9. The Morgan fingerprint density at radius 2 is 1.81 bits per heavy atom. The molecule has 0 amide bonds. The number of unbranched alkanes of at least 4 members (excludes halogenated alkanes) is 1. The van der Waals surface area contributed by atoms with Gasteiger partial charge in [-0.15, -0.1) is 0 Å². The lowest BCUT2D eigenvalue weighted by molar-refractivity contribution is -0.137. The number of anilines is 1. The smallest absolute Gasteiger partial charge is 0.416 e. The minimum Gasteiger partial charge on any atom is -0.497 e. The van der Waals surface area contributed by atoms with Gasteiger partial charge < -0.3 is 14.4 Å². The fourth-order valence-corrected chi connectivity index (χ4v) is 4.27. The van der Waals surface area contributed by atoms with Crippen LogP contribution >= 0.6 is 0 Å². The summed E-state index contributed by atoms with van der Waals surface area (Å²) in [6.45, 7) is 4.88. The van der Waals surface area contributed by atoms with Gasteiger partial charge in [0.05, 0.1) is 12.7 Å². The van der Waals surface area contributed by atoms with Crippen LogP contribution in [-0.4, -0.2) is 51.3 Å². The van der Waals surface area contributed by atoms with Gasteiger partial charge in [0.25, 0.3) is 0 Å². The van der Waals surface area contributed by atoms with E-state index in [1.807, 2.05) is 23.1 Å². The number of nitrogens with zero attached hydrogens (tertiary/aromatic N) is 2. The lowest BCUT2D eigenvalue weighted by Crippen LogP contribution is -2.46. The molecule has 0 bridgehead atoms. The first-order valence-corrected chi connectivity index (χ1v) is 11.1. The second kappa shape index (κ2) is 9.86. The maximum absolute atomic E-state index is 13.0. The summed E-state index contributed by atoms with van der Waals surface area (Å²) in [5.41, 5.74) is 2.43. The molecule has 0 atom stereocenters. The Bertz CT molecular complexity index is 950. The summed E-state index contributed by atoms with van der Waals surface area (Å²) in [6, 6.07) is 11.5. The number of rotatable bonds is 7. The molecule has 0 radical (unpaired) electrons. The fourth-order valence-electron chi connectivity index (χ4n) is 4.27. The van der Waals surface area contributed by atoms with Crippen LogP contribution < -0.4 is 14.4 Å². The summed E-state index contributed by atoms with van der Waals surface area (Å²) in [4.78, 5) is 4.44. The number of fused-ring (bicyclic) bond motifs is 1. The number of hydrogen-bond donors (Lipinski definition) is 0. The minimum absolute atomic E-state index is 0.584. The maximum Gasteiger partial charge on any atom is 0.416 e. The van der Waals surface area contributed by atoms with E-state index in [1.54, 1.807) is 13.2 Å². The Labute approximate surface area is 187 Å². The Balaban J connectivity index is 1.20. The van der Waals surface area contributed by atoms with Crippen molar-refractivity contribution in [2.75, 3.05) is 51.3 Å². The van der Waals surface area contributed by atoms with Gasteiger partial charge in [0.15, 0.2) is 0 Å². The number of piperazine rings is 1. The van der Waals surface area contributed by atoms with Crippen LogP contribution in [0.5, 0.6) is 11.5 Å². The predicted molar refractivity (Wildman–Crippen MR) is 120 cm³/mol. The van der Waals surface area contributed by atoms with Gasteiger partial charge in [-0.1, -0.05) is 6.07 Å². The molecule has 2 aromatic rings. The molecule has 2 heterocycles. The zero-order valence-corrected chi connectivity index (χ0v) is 18.3. The maximum atomic E-state index is 13.0. The highest BCUT2D eigenvalue weighted by molar-refractivity contribution is 5.64. The molecular weight excluding hydrogens is 417 g/mol. The van der Waals surface area contributed by atoms with E-state index in [0.29, 0.717) is 12.3 Å². The van der Waals surface area contributed by atoms with Gasteiger partial charge in [0, 0.05) is 37.4 Å². The number of halogens is 3. The van der Waals surface area contributed by atoms with Crippen LogP contribution in [-0.2, 0) is 6.18 Å². The summed E-state index contributed by atoms with van der Waals surface area (Å²) >= 11 is 0. The molecule has 0 saturated carbocycles. The van der Waals surface area contributed by atoms with Gasteiger partial charge in [-0.25, -0.2) is 0 Å². The average Bonchev–Trinajstić information content (AvgIpc) is 2.81. The largest absolute Gasteiger partial charge is 0.497 e. The Morgan fingerprint density at radius 3 is 2.56 bits per heavy atom. The van der Waals surface area contributed by atoms with E-state index < -0.39 is 11.7 Å². The number of ether oxygens (including phenoxy) is 2. The predicted octanol–water partition coefficient (Wildman–Crippen LogP) is 5.48. The molecule has 0 spiro atoms. The summed E-state index contributed by atoms with van der Waals surface area (Å²) in [6.07, 6.45) is 1.08. The lowest BCUT2D eigenvalue weighted by atomic mass is 10.0. The molecule has 0 unspecified atom stereocenters. The fraction of sp³-hybridized carbons (Fsp3) is 0.440. The van der Waals surface area contributed by atoms with E-state index in [0.717, 1.165) is 75.1 Å². The quantitative estimate of drug-likeness (QED) is 0.526. The van der Waals surface area contributed by atoms with Gasteiger partial charge >= 0.3 is 6.18 Å². The summed E-state index contributed by atoms with van der Waals surface area (Å²) < 4.78 is 50.1. The van der Waals surface area contributed by atoms with E-state index in [-0.39, 0.29) is 0 Å². The molecule has 0 aromatic heterocycles. The minimum atomic E-state index is -4.30. The molecule has 7 heteroatoms. The van der Waals surface area contributed by atoms with Gasteiger partial charge in [0.1, 0.15) is 18.1 Å². The van der Waals surface area contributed by atoms with E-state index in [1.165, 1.54) is 17.7 Å². The molecule has 0 aliphatic carbocycles. The first-order chi connectivity index (χ1) is 15.4. The van der Waals surface area contributed by atoms with Crippen molar-refractivity contribution in [3.63, 3.8) is 0 Å². The molecule has 32 heavy (non-hydrogen) atoms.